The van der Waals surface area contributed by atoms with Gasteiger partial charge in [0.15, 0.2) is 0 Å². The maximum absolute atomic E-state index is 12.1. The van der Waals surface area contributed by atoms with E-state index in [9.17, 15) is 9.59 Å². The van der Waals surface area contributed by atoms with Gasteiger partial charge in [0.1, 0.15) is 0 Å². The molecule has 1 aromatic carbocycles. The molecule has 3 rings (SSSR count). The van der Waals surface area contributed by atoms with Gasteiger partial charge in [0.25, 0.3) is 11.7 Å². The van der Waals surface area contributed by atoms with Gasteiger partial charge < -0.3 is 9.64 Å². The second kappa shape index (κ2) is 5.34. The van der Waals surface area contributed by atoms with Crippen LogP contribution in [0.4, 0.5) is 5.69 Å². The standard InChI is InChI=1S/C15H18N2O3/c1-11-3-2-4-12-13(11)17(15(19)14(12)18)6-5-16-7-9-20-10-8-16/h2-4H,5-10H2,1H3. The van der Waals surface area contributed by atoms with Gasteiger partial charge in [0.05, 0.1) is 24.5 Å². The molecule has 0 aliphatic carbocycles. The number of ketones is 1. The highest BCUT2D eigenvalue weighted by molar-refractivity contribution is 6.52. The van der Waals surface area contributed by atoms with Crippen LogP contribution in [0.1, 0.15) is 15.9 Å². The number of ether oxygens (including phenoxy) is 1. The van der Waals surface area contributed by atoms with Gasteiger partial charge in [-0.1, -0.05) is 12.1 Å². The Morgan fingerprint density at radius 3 is 2.65 bits per heavy atom. The van der Waals surface area contributed by atoms with Crippen molar-refractivity contribution in [2.45, 2.75) is 6.92 Å². The minimum Gasteiger partial charge on any atom is -0.379 e. The predicted octanol–water partition coefficient (Wildman–Crippen LogP) is 0.857. The van der Waals surface area contributed by atoms with Crippen molar-refractivity contribution >= 4 is 17.4 Å². The lowest BCUT2D eigenvalue weighted by Gasteiger charge is -2.28. The van der Waals surface area contributed by atoms with Crippen molar-refractivity contribution in [2.24, 2.45) is 0 Å². The molecule has 0 radical (unpaired) electrons. The van der Waals surface area contributed by atoms with E-state index < -0.39 is 5.91 Å². The van der Waals surface area contributed by atoms with E-state index in [0.717, 1.165) is 44.1 Å². The molecular formula is C15H18N2O3. The normalized spacial score (nSPS) is 19.6. The first-order valence-electron chi connectivity index (χ1n) is 6.94. The molecule has 106 valence electrons. The van der Waals surface area contributed by atoms with Gasteiger partial charge in [-0.2, -0.15) is 0 Å². The summed E-state index contributed by atoms with van der Waals surface area (Å²) in [4.78, 5) is 28.0. The van der Waals surface area contributed by atoms with Crippen LogP contribution in [0.2, 0.25) is 0 Å². The maximum atomic E-state index is 12.1. The molecule has 1 saturated heterocycles. The number of anilines is 1. The molecule has 0 bridgehead atoms. The Morgan fingerprint density at radius 1 is 1.15 bits per heavy atom. The first kappa shape index (κ1) is 13.3. The number of morpholine rings is 1. The lowest BCUT2D eigenvalue weighted by atomic mass is 10.1. The third-order valence-electron chi connectivity index (χ3n) is 3.94. The summed E-state index contributed by atoms with van der Waals surface area (Å²) in [6.07, 6.45) is 0. The summed E-state index contributed by atoms with van der Waals surface area (Å²) in [6.45, 7) is 6.52. The molecule has 0 saturated carbocycles. The molecule has 5 nitrogen and oxygen atoms in total. The van der Waals surface area contributed by atoms with Gasteiger partial charge in [-0.25, -0.2) is 0 Å². The number of benzene rings is 1. The molecule has 2 aliphatic heterocycles. The van der Waals surface area contributed by atoms with Crippen molar-refractivity contribution in [3.8, 4) is 0 Å². The Balaban J connectivity index is 1.77. The van der Waals surface area contributed by atoms with E-state index in [0.29, 0.717) is 12.1 Å². The van der Waals surface area contributed by atoms with Crippen LogP contribution >= 0.6 is 0 Å². The minimum absolute atomic E-state index is 0.384. The average molecular weight is 274 g/mol. The SMILES string of the molecule is Cc1cccc2c1N(CCN1CCOCC1)C(=O)C2=O. The van der Waals surface area contributed by atoms with E-state index in [4.69, 9.17) is 4.74 Å². The molecule has 5 heteroatoms. The zero-order chi connectivity index (χ0) is 14.1. The third-order valence-corrected chi connectivity index (χ3v) is 3.94. The smallest absolute Gasteiger partial charge is 0.299 e. The molecule has 0 N–H and O–H groups in total. The Morgan fingerprint density at radius 2 is 1.90 bits per heavy atom. The number of hydrogen-bond donors (Lipinski definition) is 0. The van der Waals surface area contributed by atoms with E-state index in [-0.39, 0.29) is 5.78 Å². The van der Waals surface area contributed by atoms with Crippen LogP contribution in [-0.2, 0) is 9.53 Å². The van der Waals surface area contributed by atoms with E-state index in [2.05, 4.69) is 4.90 Å². The molecule has 0 spiro atoms. The quantitative estimate of drug-likeness (QED) is 0.767. The van der Waals surface area contributed by atoms with E-state index in [1.165, 1.54) is 0 Å². The Kier molecular flexibility index (Phi) is 3.54. The van der Waals surface area contributed by atoms with Crippen molar-refractivity contribution in [2.75, 3.05) is 44.3 Å². The number of para-hydroxylation sites is 1. The van der Waals surface area contributed by atoms with Crippen molar-refractivity contribution in [1.82, 2.24) is 4.90 Å². The van der Waals surface area contributed by atoms with Crippen LogP contribution in [0.3, 0.4) is 0 Å². The Bertz CT molecular complexity index is 550. The van der Waals surface area contributed by atoms with Gasteiger partial charge >= 0.3 is 0 Å². The van der Waals surface area contributed by atoms with Gasteiger partial charge in [0, 0.05) is 26.2 Å². The number of nitrogens with zero attached hydrogens (tertiary/aromatic N) is 2. The van der Waals surface area contributed by atoms with Crippen molar-refractivity contribution in [1.29, 1.82) is 0 Å². The fourth-order valence-electron chi connectivity index (χ4n) is 2.82. The Hall–Kier alpha value is -1.72. The Labute approximate surface area is 118 Å². The molecule has 2 heterocycles. The number of rotatable bonds is 3. The number of carbonyl (C=O) groups is 2. The number of amides is 1. The summed E-state index contributed by atoms with van der Waals surface area (Å²) < 4.78 is 5.31. The first-order valence-corrected chi connectivity index (χ1v) is 6.94. The van der Waals surface area contributed by atoms with Crippen LogP contribution in [0.25, 0.3) is 0 Å². The van der Waals surface area contributed by atoms with E-state index in [1.807, 2.05) is 19.1 Å². The summed E-state index contributed by atoms with van der Waals surface area (Å²) in [7, 11) is 0. The van der Waals surface area contributed by atoms with Gasteiger partial charge in [-0.15, -0.1) is 0 Å². The lowest BCUT2D eigenvalue weighted by Crippen LogP contribution is -2.42. The summed E-state index contributed by atoms with van der Waals surface area (Å²) in [5.74, 6) is -0.784. The number of aryl methyl sites for hydroxylation is 1. The summed E-state index contributed by atoms with van der Waals surface area (Å²) in [5, 5.41) is 0. The van der Waals surface area contributed by atoms with Crippen LogP contribution in [0.15, 0.2) is 18.2 Å². The molecule has 0 aromatic heterocycles. The van der Waals surface area contributed by atoms with Gasteiger partial charge in [-0.05, 0) is 18.6 Å². The van der Waals surface area contributed by atoms with Crippen LogP contribution in [-0.4, -0.2) is 56.0 Å². The molecule has 0 atom stereocenters. The van der Waals surface area contributed by atoms with Gasteiger partial charge in [-0.3, -0.25) is 14.5 Å². The largest absolute Gasteiger partial charge is 0.379 e. The topological polar surface area (TPSA) is 49.9 Å². The highest BCUT2D eigenvalue weighted by Gasteiger charge is 2.36. The highest BCUT2D eigenvalue weighted by Crippen LogP contribution is 2.31. The molecule has 0 unspecified atom stereocenters. The lowest BCUT2D eigenvalue weighted by molar-refractivity contribution is -0.114. The fourth-order valence-corrected chi connectivity index (χ4v) is 2.82. The monoisotopic (exact) mass is 274 g/mol. The summed E-state index contributed by atoms with van der Waals surface area (Å²) >= 11 is 0. The van der Waals surface area contributed by atoms with Crippen molar-refractivity contribution < 1.29 is 14.3 Å². The number of carbonyl (C=O) groups excluding carboxylic acids is 2. The first-order chi connectivity index (χ1) is 9.68. The molecule has 20 heavy (non-hydrogen) atoms. The maximum Gasteiger partial charge on any atom is 0.299 e. The van der Waals surface area contributed by atoms with Crippen molar-refractivity contribution in [3.63, 3.8) is 0 Å². The highest BCUT2D eigenvalue weighted by atomic mass is 16.5. The average Bonchev–Trinajstić information content (AvgIpc) is 2.72. The van der Waals surface area contributed by atoms with Crippen LogP contribution < -0.4 is 4.90 Å². The number of Topliss-reactive ketones (excluding diaryl/α,β-unsaturated/α-hetero) is 1. The van der Waals surface area contributed by atoms with Crippen LogP contribution in [0, 0.1) is 6.92 Å². The number of fused-ring (bicyclic) bond motifs is 1. The number of hydrogen-bond acceptors (Lipinski definition) is 4. The van der Waals surface area contributed by atoms with Crippen LogP contribution in [0.5, 0.6) is 0 Å². The molecule has 1 amide bonds. The molecular weight excluding hydrogens is 256 g/mol. The van der Waals surface area contributed by atoms with Crippen molar-refractivity contribution in [3.05, 3.63) is 29.3 Å². The zero-order valence-electron chi connectivity index (χ0n) is 11.6. The zero-order valence-corrected chi connectivity index (χ0v) is 11.6. The molecule has 1 aromatic rings. The van der Waals surface area contributed by atoms with E-state index >= 15 is 0 Å². The minimum atomic E-state index is -0.400. The van der Waals surface area contributed by atoms with Gasteiger partial charge in [0.2, 0.25) is 0 Å². The third kappa shape index (κ3) is 2.23. The van der Waals surface area contributed by atoms with E-state index in [1.54, 1.807) is 11.0 Å². The predicted molar refractivity (Wildman–Crippen MR) is 75.1 cm³/mol. The second-order valence-electron chi connectivity index (χ2n) is 5.21. The summed E-state index contributed by atoms with van der Waals surface area (Å²) in [5.41, 5.74) is 2.30. The molecule has 2 aliphatic rings. The summed E-state index contributed by atoms with van der Waals surface area (Å²) in [6, 6.07) is 5.49. The molecule has 1 fully saturated rings. The second-order valence-corrected chi connectivity index (χ2v) is 5.21. The fraction of sp³-hybridized carbons (Fsp3) is 0.467.